The number of hydrogen-bond acceptors (Lipinski definition) is 6. The topological polar surface area (TPSA) is 122 Å². The maximum atomic E-state index is 12.8. The van der Waals surface area contributed by atoms with E-state index in [4.69, 9.17) is 11.6 Å². The first-order valence-electron chi connectivity index (χ1n) is 9.80. The van der Waals surface area contributed by atoms with E-state index in [0.717, 1.165) is 14.4 Å². The first-order valence-corrected chi connectivity index (χ1v) is 11.6. The van der Waals surface area contributed by atoms with Crippen molar-refractivity contribution in [2.45, 2.75) is 18.4 Å². The summed E-state index contributed by atoms with van der Waals surface area (Å²) in [4.78, 5) is 29.5. The first kappa shape index (κ1) is 24.4. The third-order valence-electron chi connectivity index (χ3n) is 5.06. The van der Waals surface area contributed by atoms with Crippen LogP contribution in [0.1, 0.15) is 21.6 Å². The van der Waals surface area contributed by atoms with E-state index in [-0.39, 0.29) is 22.8 Å². The van der Waals surface area contributed by atoms with Crippen molar-refractivity contribution in [3.63, 3.8) is 0 Å². The molecule has 9 nitrogen and oxygen atoms in total. The average molecular weight is 491 g/mol. The van der Waals surface area contributed by atoms with E-state index in [2.05, 4.69) is 10.3 Å². The molecule has 2 N–H and O–H groups in total. The van der Waals surface area contributed by atoms with Gasteiger partial charge in [0.1, 0.15) is 5.82 Å². The number of rotatable bonds is 6. The number of aromatic hydroxyl groups is 1. The number of amides is 1. The molecule has 2 aromatic carbocycles. The molecule has 0 unspecified atom stereocenters. The minimum atomic E-state index is -3.88. The highest BCUT2D eigenvalue weighted by Crippen LogP contribution is 2.28. The van der Waals surface area contributed by atoms with Crippen molar-refractivity contribution < 1.29 is 18.3 Å². The lowest BCUT2D eigenvalue weighted by Crippen LogP contribution is -2.29. The second-order valence-corrected chi connectivity index (χ2v) is 10.1. The Hall–Kier alpha value is -3.21. The number of aromatic nitrogens is 2. The highest BCUT2D eigenvalue weighted by Gasteiger charge is 2.26. The van der Waals surface area contributed by atoms with Crippen LogP contribution in [0.3, 0.4) is 0 Å². The SMILES string of the molecule is Cc1ccc(CNC(=O)c2nc(-c3ccccc3S(=O)(=O)N(C)C)n(C)c(=O)c2O)cc1Cl. The fourth-order valence-corrected chi connectivity index (χ4v) is 4.36. The standard InChI is InChI=1S/C22H23ClN4O5S/c1-13-9-10-14(11-16(13)23)12-24-21(29)18-19(28)22(30)27(4)20(25-18)15-7-5-6-8-17(15)33(31,32)26(2)3/h5-11,28H,12H2,1-4H3,(H,24,29). The lowest BCUT2D eigenvalue weighted by Gasteiger charge is -2.17. The molecule has 1 aromatic heterocycles. The number of nitrogens with zero attached hydrogens (tertiary/aromatic N) is 3. The van der Waals surface area contributed by atoms with Crippen LogP contribution in [-0.2, 0) is 23.6 Å². The van der Waals surface area contributed by atoms with Crippen LogP contribution in [0.25, 0.3) is 11.4 Å². The van der Waals surface area contributed by atoms with Crippen molar-refractivity contribution in [2.24, 2.45) is 7.05 Å². The molecule has 0 atom stereocenters. The zero-order chi connectivity index (χ0) is 24.5. The van der Waals surface area contributed by atoms with Gasteiger partial charge in [-0.2, -0.15) is 0 Å². The van der Waals surface area contributed by atoms with Gasteiger partial charge in [-0.15, -0.1) is 0 Å². The van der Waals surface area contributed by atoms with Gasteiger partial charge >= 0.3 is 0 Å². The molecule has 0 bridgehead atoms. The van der Waals surface area contributed by atoms with Crippen molar-refractivity contribution in [2.75, 3.05) is 14.1 Å². The summed E-state index contributed by atoms with van der Waals surface area (Å²) in [5.41, 5.74) is 0.313. The second-order valence-electron chi connectivity index (χ2n) is 7.55. The molecule has 0 fully saturated rings. The third-order valence-corrected chi connectivity index (χ3v) is 7.34. The molecular weight excluding hydrogens is 468 g/mol. The molecule has 33 heavy (non-hydrogen) atoms. The molecule has 3 rings (SSSR count). The number of hydrogen-bond donors (Lipinski definition) is 2. The number of halogens is 1. The zero-order valence-corrected chi connectivity index (χ0v) is 20.0. The highest BCUT2D eigenvalue weighted by atomic mass is 35.5. The van der Waals surface area contributed by atoms with Gasteiger partial charge in [0.25, 0.3) is 11.5 Å². The minimum absolute atomic E-state index is 0.0795. The maximum Gasteiger partial charge on any atom is 0.296 e. The van der Waals surface area contributed by atoms with Crippen molar-refractivity contribution >= 4 is 27.5 Å². The number of carbonyl (C=O) groups excluding carboxylic acids is 1. The normalized spacial score (nSPS) is 11.6. The monoisotopic (exact) mass is 490 g/mol. The van der Waals surface area contributed by atoms with Crippen LogP contribution in [0.5, 0.6) is 5.75 Å². The molecule has 0 spiro atoms. The lowest BCUT2D eigenvalue weighted by atomic mass is 10.1. The maximum absolute atomic E-state index is 12.8. The Balaban J connectivity index is 2.06. The van der Waals surface area contributed by atoms with Gasteiger partial charge in [0.15, 0.2) is 5.69 Å². The van der Waals surface area contributed by atoms with Crippen molar-refractivity contribution in [3.8, 4) is 17.1 Å². The van der Waals surface area contributed by atoms with Crippen LogP contribution >= 0.6 is 11.6 Å². The van der Waals surface area contributed by atoms with Gasteiger partial charge in [0, 0.05) is 38.3 Å². The fourth-order valence-electron chi connectivity index (χ4n) is 3.07. The lowest BCUT2D eigenvalue weighted by molar-refractivity contribution is 0.0942. The van der Waals surface area contributed by atoms with Crippen LogP contribution in [0.4, 0.5) is 0 Å². The van der Waals surface area contributed by atoms with E-state index in [9.17, 15) is 23.1 Å². The number of nitrogens with one attached hydrogen (secondary N) is 1. The predicted octanol–water partition coefficient (Wildman–Crippen LogP) is 2.30. The molecule has 11 heteroatoms. The molecule has 0 aliphatic heterocycles. The number of aryl methyl sites for hydroxylation is 1. The summed E-state index contributed by atoms with van der Waals surface area (Å²) in [6.45, 7) is 1.93. The van der Waals surface area contributed by atoms with Gasteiger partial charge in [0.2, 0.25) is 15.8 Å². The summed E-state index contributed by atoms with van der Waals surface area (Å²) >= 11 is 6.11. The van der Waals surface area contributed by atoms with Gasteiger partial charge in [-0.25, -0.2) is 17.7 Å². The van der Waals surface area contributed by atoms with Crippen LogP contribution in [-0.4, -0.2) is 47.4 Å². The van der Waals surface area contributed by atoms with Crippen LogP contribution in [0, 0.1) is 6.92 Å². The van der Waals surface area contributed by atoms with Gasteiger partial charge in [-0.1, -0.05) is 35.9 Å². The molecule has 3 aromatic rings. The molecule has 0 aliphatic carbocycles. The molecule has 0 saturated carbocycles. The first-order chi connectivity index (χ1) is 15.4. The van der Waals surface area contributed by atoms with E-state index < -0.39 is 32.9 Å². The van der Waals surface area contributed by atoms with E-state index in [1.54, 1.807) is 30.3 Å². The molecule has 0 radical (unpaired) electrons. The Morgan fingerprint density at radius 2 is 1.88 bits per heavy atom. The average Bonchev–Trinajstić information content (AvgIpc) is 2.78. The zero-order valence-electron chi connectivity index (χ0n) is 18.5. The summed E-state index contributed by atoms with van der Waals surface area (Å²) in [5.74, 6) is -1.72. The highest BCUT2D eigenvalue weighted by molar-refractivity contribution is 7.89. The quantitative estimate of drug-likeness (QED) is 0.546. The van der Waals surface area contributed by atoms with Crippen molar-refractivity contribution in [1.29, 1.82) is 0 Å². The van der Waals surface area contributed by atoms with Crippen molar-refractivity contribution in [3.05, 3.63) is 74.7 Å². The fraction of sp³-hybridized carbons (Fsp3) is 0.227. The predicted molar refractivity (Wildman–Crippen MR) is 125 cm³/mol. The van der Waals surface area contributed by atoms with E-state index >= 15 is 0 Å². The van der Waals surface area contributed by atoms with Crippen LogP contribution in [0.15, 0.2) is 52.2 Å². The Bertz CT molecular complexity index is 1400. The summed E-state index contributed by atoms with van der Waals surface area (Å²) in [5, 5.41) is 13.4. The van der Waals surface area contributed by atoms with Crippen LogP contribution < -0.4 is 10.9 Å². The molecule has 0 saturated heterocycles. The van der Waals surface area contributed by atoms with E-state index in [1.165, 1.54) is 33.3 Å². The number of carbonyl (C=O) groups is 1. The smallest absolute Gasteiger partial charge is 0.296 e. The summed E-state index contributed by atoms with van der Waals surface area (Å²) in [6, 6.07) is 11.3. The van der Waals surface area contributed by atoms with Gasteiger partial charge in [-0.3, -0.25) is 14.2 Å². The molecule has 0 aliphatic rings. The number of benzene rings is 2. The molecule has 1 heterocycles. The van der Waals surface area contributed by atoms with Crippen LogP contribution in [0.2, 0.25) is 5.02 Å². The Morgan fingerprint density at radius 1 is 1.21 bits per heavy atom. The summed E-state index contributed by atoms with van der Waals surface area (Å²) < 4.78 is 27.6. The Morgan fingerprint density at radius 3 is 2.52 bits per heavy atom. The summed E-state index contributed by atoms with van der Waals surface area (Å²) in [7, 11) is 0.214. The van der Waals surface area contributed by atoms with E-state index in [1.807, 2.05) is 6.92 Å². The van der Waals surface area contributed by atoms with Gasteiger partial charge in [0.05, 0.1) is 4.90 Å². The molecule has 1 amide bonds. The van der Waals surface area contributed by atoms with Crippen molar-refractivity contribution in [1.82, 2.24) is 19.2 Å². The molecule has 174 valence electrons. The summed E-state index contributed by atoms with van der Waals surface area (Å²) in [6.07, 6.45) is 0. The Kier molecular flexibility index (Phi) is 6.92. The van der Waals surface area contributed by atoms with E-state index in [0.29, 0.717) is 10.6 Å². The third kappa shape index (κ3) is 4.77. The Labute approximate surface area is 196 Å². The van der Waals surface area contributed by atoms with Gasteiger partial charge in [-0.05, 0) is 36.2 Å². The molecular formula is C22H23ClN4O5S. The minimum Gasteiger partial charge on any atom is -0.501 e. The number of sulfonamides is 1. The largest absolute Gasteiger partial charge is 0.501 e. The van der Waals surface area contributed by atoms with Gasteiger partial charge < -0.3 is 10.4 Å². The second kappa shape index (κ2) is 9.34.